The molecular formula is C11H16BrN3O2. The summed E-state index contributed by atoms with van der Waals surface area (Å²) < 4.78 is 6.06. The maximum Gasteiger partial charge on any atom is 0.149 e. The molecule has 5 nitrogen and oxygen atoms in total. The number of ether oxygens (including phenoxy) is 1. The molecule has 6 heteroatoms. The van der Waals surface area contributed by atoms with Crippen molar-refractivity contribution in [2.45, 2.75) is 18.4 Å². The minimum atomic E-state index is -0.723. The Kier molecular flexibility index (Phi) is 3.86. The lowest BCUT2D eigenvalue weighted by Crippen LogP contribution is -2.42. The van der Waals surface area contributed by atoms with Crippen molar-refractivity contribution in [1.29, 1.82) is 0 Å². The summed E-state index contributed by atoms with van der Waals surface area (Å²) >= 11 is 3.30. The first-order valence-electron chi connectivity index (χ1n) is 5.54. The topological polar surface area (TPSA) is 80.4 Å². The maximum absolute atomic E-state index is 10.3. The lowest BCUT2D eigenvalue weighted by atomic mass is 9.94. The molecule has 0 atom stereocenters. The summed E-state index contributed by atoms with van der Waals surface area (Å²) in [5, 5.41) is 13.3. The van der Waals surface area contributed by atoms with Crippen LogP contribution in [0.25, 0.3) is 0 Å². The molecular weight excluding hydrogens is 286 g/mol. The first kappa shape index (κ1) is 12.6. The normalized spacial score (nSPS) is 18.9. The van der Waals surface area contributed by atoms with Crippen LogP contribution in [0.4, 0.5) is 11.5 Å². The fourth-order valence-corrected chi connectivity index (χ4v) is 2.13. The van der Waals surface area contributed by atoms with Gasteiger partial charge in [-0.15, -0.1) is 0 Å². The van der Waals surface area contributed by atoms with Crippen LogP contribution in [-0.2, 0) is 4.74 Å². The number of nitrogen functional groups attached to an aromatic ring is 1. The molecule has 0 bridgehead atoms. The minimum absolute atomic E-state index is 0.440. The third-order valence-corrected chi connectivity index (χ3v) is 3.33. The van der Waals surface area contributed by atoms with Crippen LogP contribution in [0.15, 0.2) is 16.7 Å². The molecule has 2 rings (SSSR count). The second-order valence-electron chi connectivity index (χ2n) is 4.28. The number of halogens is 1. The Morgan fingerprint density at radius 3 is 2.88 bits per heavy atom. The van der Waals surface area contributed by atoms with Crippen molar-refractivity contribution in [2.75, 3.05) is 30.8 Å². The first-order chi connectivity index (χ1) is 8.09. The quantitative estimate of drug-likeness (QED) is 0.786. The van der Waals surface area contributed by atoms with E-state index in [1.165, 1.54) is 0 Å². The minimum Gasteiger partial charge on any atom is -0.396 e. The van der Waals surface area contributed by atoms with Crippen LogP contribution < -0.4 is 11.1 Å². The molecule has 2 heterocycles. The van der Waals surface area contributed by atoms with Crippen molar-refractivity contribution in [2.24, 2.45) is 0 Å². The van der Waals surface area contributed by atoms with E-state index in [2.05, 4.69) is 26.2 Å². The highest BCUT2D eigenvalue weighted by molar-refractivity contribution is 9.10. The Morgan fingerprint density at radius 1 is 1.53 bits per heavy atom. The van der Waals surface area contributed by atoms with E-state index in [9.17, 15) is 5.11 Å². The molecule has 1 aromatic rings. The number of nitrogens with one attached hydrogen (secondary N) is 1. The van der Waals surface area contributed by atoms with E-state index in [1.54, 1.807) is 12.3 Å². The van der Waals surface area contributed by atoms with Crippen molar-refractivity contribution in [1.82, 2.24) is 4.98 Å². The second kappa shape index (κ2) is 5.20. The number of rotatable bonds is 3. The average molecular weight is 302 g/mol. The number of hydrogen-bond acceptors (Lipinski definition) is 5. The Hall–Kier alpha value is -0.850. The highest BCUT2D eigenvalue weighted by atomic mass is 79.9. The molecule has 1 aromatic heterocycles. The van der Waals surface area contributed by atoms with E-state index >= 15 is 0 Å². The van der Waals surface area contributed by atoms with E-state index in [4.69, 9.17) is 10.5 Å². The Labute approximate surface area is 108 Å². The molecule has 0 aromatic carbocycles. The van der Waals surface area contributed by atoms with Gasteiger partial charge in [-0.25, -0.2) is 4.98 Å². The number of pyridine rings is 1. The van der Waals surface area contributed by atoms with Crippen molar-refractivity contribution < 1.29 is 9.84 Å². The number of aromatic nitrogens is 1. The summed E-state index contributed by atoms with van der Waals surface area (Å²) in [7, 11) is 0. The summed E-state index contributed by atoms with van der Waals surface area (Å²) in [5.41, 5.74) is 5.66. The van der Waals surface area contributed by atoms with Gasteiger partial charge in [0.05, 0.1) is 11.3 Å². The summed E-state index contributed by atoms with van der Waals surface area (Å²) in [5.74, 6) is 0.605. The van der Waals surface area contributed by atoms with Crippen LogP contribution >= 0.6 is 15.9 Å². The summed E-state index contributed by atoms with van der Waals surface area (Å²) in [6.07, 6.45) is 2.94. The number of hydrogen-bond donors (Lipinski definition) is 3. The van der Waals surface area contributed by atoms with Crippen molar-refractivity contribution in [3.8, 4) is 0 Å². The van der Waals surface area contributed by atoms with Gasteiger partial charge in [0.1, 0.15) is 5.82 Å². The van der Waals surface area contributed by atoms with Gasteiger partial charge >= 0.3 is 0 Å². The molecule has 0 saturated carbocycles. The van der Waals surface area contributed by atoms with E-state index in [1.807, 2.05) is 0 Å². The van der Waals surface area contributed by atoms with Gasteiger partial charge in [0.25, 0.3) is 0 Å². The Morgan fingerprint density at radius 2 is 2.24 bits per heavy atom. The fourth-order valence-electron chi connectivity index (χ4n) is 1.78. The number of nitrogens with zero attached hydrogens (tertiary/aromatic N) is 1. The largest absolute Gasteiger partial charge is 0.396 e. The predicted octanol–water partition coefficient (Wildman–Crippen LogP) is 1.38. The fraction of sp³-hybridized carbons (Fsp3) is 0.545. The zero-order valence-corrected chi connectivity index (χ0v) is 11.0. The molecule has 0 aliphatic carbocycles. The van der Waals surface area contributed by atoms with Gasteiger partial charge in [-0.1, -0.05) is 0 Å². The van der Waals surface area contributed by atoms with Crippen molar-refractivity contribution >= 4 is 27.4 Å². The smallest absolute Gasteiger partial charge is 0.149 e. The highest BCUT2D eigenvalue weighted by Gasteiger charge is 2.29. The summed E-state index contributed by atoms with van der Waals surface area (Å²) in [6.45, 7) is 1.64. The van der Waals surface area contributed by atoms with Crippen LogP contribution in [0.3, 0.4) is 0 Å². The molecule has 1 fully saturated rings. The standard InChI is InChI=1S/C11H16BrN3O2/c12-8-5-9(13)10(14-6-8)15-7-11(16)1-3-17-4-2-11/h5-6,16H,1-4,7,13H2,(H,14,15). The molecule has 1 aliphatic heterocycles. The van der Waals surface area contributed by atoms with E-state index in [0.29, 0.717) is 44.1 Å². The maximum atomic E-state index is 10.3. The van der Waals surface area contributed by atoms with E-state index in [0.717, 1.165) is 4.47 Å². The molecule has 0 unspecified atom stereocenters. The molecule has 0 spiro atoms. The van der Waals surface area contributed by atoms with Crippen LogP contribution in [-0.4, -0.2) is 35.5 Å². The van der Waals surface area contributed by atoms with Crippen LogP contribution in [0.2, 0.25) is 0 Å². The highest BCUT2D eigenvalue weighted by Crippen LogP contribution is 2.24. The molecule has 4 N–H and O–H groups in total. The Bertz CT molecular complexity index is 394. The van der Waals surface area contributed by atoms with Crippen molar-refractivity contribution in [3.63, 3.8) is 0 Å². The lowest BCUT2D eigenvalue weighted by Gasteiger charge is -2.32. The van der Waals surface area contributed by atoms with E-state index in [-0.39, 0.29) is 0 Å². The van der Waals surface area contributed by atoms with Crippen LogP contribution in [0.1, 0.15) is 12.8 Å². The van der Waals surface area contributed by atoms with Gasteiger partial charge in [-0.2, -0.15) is 0 Å². The van der Waals surface area contributed by atoms with Gasteiger partial charge in [0.15, 0.2) is 0 Å². The lowest BCUT2D eigenvalue weighted by molar-refractivity contribution is -0.0543. The molecule has 17 heavy (non-hydrogen) atoms. The number of aliphatic hydroxyl groups is 1. The van der Waals surface area contributed by atoms with Gasteiger partial charge < -0.3 is 20.9 Å². The summed E-state index contributed by atoms with van der Waals surface area (Å²) in [4.78, 5) is 4.17. The van der Waals surface area contributed by atoms with Crippen LogP contribution in [0, 0.1) is 0 Å². The monoisotopic (exact) mass is 301 g/mol. The van der Waals surface area contributed by atoms with Gasteiger partial charge in [-0.3, -0.25) is 0 Å². The zero-order chi connectivity index (χ0) is 12.3. The van der Waals surface area contributed by atoms with Crippen LogP contribution in [0.5, 0.6) is 0 Å². The number of anilines is 2. The van der Waals surface area contributed by atoms with Gasteiger partial charge in [0, 0.05) is 43.3 Å². The van der Waals surface area contributed by atoms with E-state index < -0.39 is 5.60 Å². The molecule has 1 saturated heterocycles. The third-order valence-electron chi connectivity index (χ3n) is 2.89. The molecule has 0 amide bonds. The molecule has 0 radical (unpaired) electrons. The predicted molar refractivity (Wildman–Crippen MR) is 69.8 cm³/mol. The third kappa shape index (κ3) is 3.31. The van der Waals surface area contributed by atoms with Gasteiger partial charge in [-0.05, 0) is 22.0 Å². The van der Waals surface area contributed by atoms with Gasteiger partial charge in [0.2, 0.25) is 0 Å². The molecule has 1 aliphatic rings. The Balaban J connectivity index is 1.97. The average Bonchev–Trinajstić information content (AvgIpc) is 2.29. The first-order valence-corrected chi connectivity index (χ1v) is 6.33. The number of nitrogens with two attached hydrogens (primary N) is 1. The SMILES string of the molecule is Nc1cc(Br)cnc1NCC1(O)CCOCC1. The second-order valence-corrected chi connectivity index (χ2v) is 5.20. The van der Waals surface area contributed by atoms with Crippen molar-refractivity contribution in [3.05, 3.63) is 16.7 Å². The zero-order valence-electron chi connectivity index (χ0n) is 9.45. The summed E-state index contributed by atoms with van der Waals surface area (Å²) in [6, 6.07) is 1.78. The molecule has 94 valence electrons.